The maximum absolute atomic E-state index is 12.1. The minimum atomic E-state index is -4.36. The monoisotopic (exact) mass is 337 g/mol. The summed E-state index contributed by atoms with van der Waals surface area (Å²) in [6.45, 7) is 0.937. The van der Waals surface area contributed by atoms with Gasteiger partial charge in [0.25, 0.3) is 0 Å². The highest BCUT2D eigenvalue weighted by atomic mass is 19.4. The summed E-state index contributed by atoms with van der Waals surface area (Å²) in [5.74, 6) is 0.0315. The quantitative estimate of drug-likeness (QED) is 0.871. The van der Waals surface area contributed by atoms with E-state index < -0.39 is 12.8 Å². The van der Waals surface area contributed by atoms with Crippen molar-refractivity contribution in [3.8, 4) is 5.75 Å². The second-order valence-electron chi connectivity index (χ2n) is 5.43. The van der Waals surface area contributed by atoms with Crippen LogP contribution in [0.1, 0.15) is 16.7 Å². The second-order valence-corrected chi connectivity index (χ2v) is 5.43. The first kappa shape index (κ1) is 17.8. The number of amides is 1. The molecule has 0 unspecified atom stereocenters. The summed E-state index contributed by atoms with van der Waals surface area (Å²) >= 11 is 0. The molecular formula is C18H18F3NO2. The van der Waals surface area contributed by atoms with Crippen LogP contribution in [0, 0.1) is 6.92 Å². The first-order valence-electron chi connectivity index (χ1n) is 7.43. The molecule has 0 fully saturated rings. The van der Waals surface area contributed by atoms with Crippen molar-refractivity contribution < 1.29 is 22.7 Å². The van der Waals surface area contributed by atoms with Gasteiger partial charge in [-0.05, 0) is 35.7 Å². The van der Waals surface area contributed by atoms with Crippen LogP contribution < -0.4 is 10.1 Å². The lowest BCUT2D eigenvalue weighted by Gasteiger charge is -2.10. The van der Waals surface area contributed by atoms with E-state index in [4.69, 9.17) is 0 Å². The van der Waals surface area contributed by atoms with Crippen molar-refractivity contribution in [1.29, 1.82) is 0 Å². The van der Waals surface area contributed by atoms with Gasteiger partial charge in [0.2, 0.25) is 5.91 Å². The van der Waals surface area contributed by atoms with Crippen molar-refractivity contribution in [2.75, 3.05) is 6.61 Å². The number of hydrogen-bond donors (Lipinski definition) is 1. The SMILES string of the molecule is Cc1ccccc1CC(=O)NCc1ccc(OCC(F)(F)F)cc1. The molecule has 2 aromatic rings. The number of carbonyl (C=O) groups is 1. The Balaban J connectivity index is 1.81. The Morgan fingerprint density at radius 3 is 2.38 bits per heavy atom. The number of ether oxygens (including phenoxy) is 1. The van der Waals surface area contributed by atoms with Crippen LogP contribution in [0.15, 0.2) is 48.5 Å². The van der Waals surface area contributed by atoms with Crippen LogP contribution in [0.4, 0.5) is 13.2 Å². The zero-order valence-corrected chi connectivity index (χ0v) is 13.2. The number of nitrogens with one attached hydrogen (secondary N) is 1. The molecule has 0 radical (unpaired) electrons. The third-order valence-corrected chi connectivity index (χ3v) is 3.43. The van der Waals surface area contributed by atoms with E-state index in [1.54, 1.807) is 12.1 Å². The molecule has 24 heavy (non-hydrogen) atoms. The van der Waals surface area contributed by atoms with Crippen molar-refractivity contribution >= 4 is 5.91 Å². The van der Waals surface area contributed by atoms with Gasteiger partial charge < -0.3 is 10.1 Å². The largest absolute Gasteiger partial charge is 0.484 e. The van der Waals surface area contributed by atoms with Gasteiger partial charge >= 0.3 is 6.18 Å². The van der Waals surface area contributed by atoms with Crippen molar-refractivity contribution in [3.05, 3.63) is 65.2 Å². The average molecular weight is 337 g/mol. The summed E-state index contributed by atoms with van der Waals surface area (Å²) in [4.78, 5) is 12.0. The second kappa shape index (κ2) is 7.86. The lowest BCUT2D eigenvalue weighted by Crippen LogP contribution is -2.24. The Bertz CT molecular complexity index is 681. The fraction of sp³-hybridized carbons (Fsp3) is 0.278. The predicted molar refractivity (Wildman–Crippen MR) is 84.7 cm³/mol. The molecule has 0 aromatic heterocycles. The summed E-state index contributed by atoms with van der Waals surface area (Å²) in [5.41, 5.74) is 2.80. The van der Waals surface area contributed by atoms with Crippen LogP contribution in [0.5, 0.6) is 5.75 Å². The van der Waals surface area contributed by atoms with E-state index in [0.717, 1.165) is 16.7 Å². The fourth-order valence-electron chi connectivity index (χ4n) is 2.11. The number of benzene rings is 2. The highest BCUT2D eigenvalue weighted by Gasteiger charge is 2.28. The number of aryl methyl sites for hydroxylation is 1. The molecule has 3 nitrogen and oxygen atoms in total. The molecule has 0 spiro atoms. The van der Waals surface area contributed by atoms with Crippen molar-refractivity contribution in [1.82, 2.24) is 5.32 Å². The van der Waals surface area contributed by atoms with E-state index in [1.165, 1.54) is 12.1 Å². The molecule has 0 heterocycles. The van der Waals surface area contributed by atoms with Gasteiger partial charge in [-0.15, -0.1) is 0 Å². The zero-order valence-electron chi connectivity index (χ0n) is 13.2. The molecule has 2 aromatic carbocycles. The van der Waals surface area contributed by atoms with Gasteiger partial charge in [0.15, 0.2) is 6.61 Å². The standard InChI is InChI=1S/C18H18F3NO2/c1-13-4-2-3-5-15(13)10-17(23)22-11-14-6-8-16(9-7-14)24-12-18(19,20)21/h2-9H,10-12H2,1H3,(H,22,23). The first-order valence-corrected chi connectivity index (χ1v) is 7.43. The van der Waals surface area contributed by atoms with Gasteiger partial charge in [0.1, 0.15) is 5.75 Å². The number of rotatable bonds is 6. The molecule has 0 aliphatic rings. The highest BCUT2D eigenvalue weighted by molar-refractivity contribution is 5.78. The third kappa shape index (κ3) is 5.95. The Labute approximate surface area is 138 Å². The Hall–Kier alpha value is -2.50. The van der Waals surface area contributed by atoms with Crippen LogP contribution in [0.25, 0.3) is 0 Å². The maximum Gasteiger partial charge on any atom is 0.422 e. The number of carbonyl (C=O) groups excluding carboxylic acids is 1. The van der Waals surface area contributed by atoms with Gasteiger partial charge in [-0.3, -0.25) is 4.79 Å². The molecule has 2 rings (SSSR count). The minimum Gasteiger partial charge on any atom is -0.484 e. The lowest BCUT2D eigenvalue weighted by molar-refractivity contribution is -0.153. The highest BCUT2D eigenvalue weighted by Crippen LogP contribution is 2.18. The maximum atomic E-state index is 12.1. The van der Waals surface area contributed by atoms with Gasteiger partial charge in [0.05, 0.1) is 6.42 Å². The van der Waals surface area contributed by atoms with Crippen LogP contribution in [0.3, 0.4) is 0 Å². The molecule has 0 atom stereocenters. The van der Waals surface area contributed by atoms with Crippen LogP contribution >= 0.6 is 0 Å². The van der Waals surface area contributed by atoms with E-state index in [9.17, 15) is 18.0 Å². The van der Waals surface area contributed by atoms with E-state index in [2.05, 4.69) is 10.1 Å². The summed E-state index contributed by atoms with van der Waals surface area (Å²) in [7, 11) is 0. The molecule has 0 bridgehead atoms. The number of alkyl halides is 3. The van der Waals surface area contributed by atoms with E-state index in [1.807, 2.05) is 31.2 Å². The zero-order chi connectivity index (χ0) is 17.6. The summed E-state index contributed by atoms with van der Waals surface area (Å²) in [5, 5.41) is 2.79. The third-order valence-electron chi connectivity index (χ3n) is 3.43. The first-order chi connectivity index (χ1) is 11.3. The van der Waals surface area contributed by atoms with Crippen molar-refractivity contribution in [3.63, 3.8) is 0 Å². The van der Waals surface area contributed by atoms with Gasteiger partial charge in [0, 0.05) is 6.54 Å². The van der Waals surface area contributed by atoms with Crippen molar-refractivity contribution in [2.24, 2.45) is 0 Å². The summed E-state index contributed by atoms with van der Waals surface area (Å²) in [6.07, 6.45) is -4.07. The summed E-state index contributed by atoms with van der Waals surface area (Å²) in [6, 6.07) is 13.8. The number of hydrogen-bond acceptors (Lipinski definition) is 2. The molecule has 0 saturated carbocycles. The molecule has 1 N–H and O–H groups in total. The Kier molecular flexibility index (Phi) is 5.84. The average Bonchev–Trinajstić information content (AvgIpc) is 2.53. The van der Waals surface area contributed by atoms with Gasteiger partial charge in [-0.25, -0.2) is 0 Å². The Morgan fingerprint density at radius 1 is 1.08 bits per heavy atom. The van der Waals surface area contributed by atoms with Crippen molar-refractivity contribution in [2.45, 2.75) is 26.1 Å². The summed E-state index contributed by atoms with van der Waals surface area (Å²) < 4.78 is 40.8. The normalized spacial score (nSPS) is 11.2. The van der Waals surface area contributed by atoms with E-state index in [-0.39, 0.29) is 11.7 Å². The lowest BCUT2D eigenvalue weighted by atomic mass is 10.1. The van der Waals surface area contributed by atoms with Crippen LogP contribution in [-0.4, -0.2) is 18.7 Å². The molecular weight excluding hydrogens is 319 g/mol. The number of halogens is 3. The fourth-order valence-corrected chi connectivity index (χ4v) is 2.11. The Morgan fingerprint density at radius 2 is 1.75 bits per heavy atom. The van der Waals surface area contributed by atoms with E-state index >= 15 is 0 Å². The molecule has 0 aliphatic heterocycles. The molecule has 0 saturated heterocycles. The molecule has 1 amide bonds. The van der Waals surface area contributed by atoms with E-state index in [0.29, 0.717) is 13.0 Å². The topological polar surface area (TPSA) is 38.3 Å². The van der Waals surface area contributed by atoms with Gasteiger partial charge in [-0.1, -0.05) is 36.4 Å². The van der Waals surface area contributed by atoms with Gasteiger partial charge in [-0.2, -0.15) is 13.2 Å². The minimum absolute atomic E-state index is 0.110. The molecule has 0 aliphatic carbocycles. The predicted octanol–water partition coefficient (Wildman–Crippen LogP) is 3.80. The molecule has 128 valence electrons. The van der Waals surface area contributed by atoms with Crippen LogP contribution in [-0.2, 0) is 17.8 Å². The molecule has 6 heteroatoms. The van der Waals surface area contributed by atoms with Crippen LogP contribution in [0.2, 0.25) is 0 Å². The smallest absolute Gasteiger partial charge is 0.422 e.